The highest BCUT2D eigenvalue weighted by Crippen LogP contribution is 2.55. The Balaban J connectivity index is 1.33. The van der Waals surface area contributed by atoms with Crippen molar-refractivity contribution in [2.45, 2.75) is 69.9 Å². The molecule has 0 radical (unpaired) electrons. The van der Waals surface area contributed by atoms with Gasteiger partial charge in [-0.1, -0.05) is 13.5 Å². The van der Waals surface area contributed by atoms with Crippen LogP contribution in [0.15, 0.2) is 24.3 Å². The number of carbonyl (C=O) groups is 2. The lowest BCUT2D eigenvalue weighted by molar-refractivity contribution is -0.137. The molecule has 2 heterocycles. The minimum atomic E-state index is -0.958. The summed E-state index contributed by atoms with van der Waals surface area (Å²) in [7, 11) is 0. The first-order valence-corrected chi connectivity index (χ1v) is 13.1. The number of carboxylic acids is 1. The Hall–Kier alpha value is -2.61. The van der Waals surface area contributed by atoms with E-state index in [-0.39, 0.29) is 23.4 Å². The van der Waals surface area contributed by atoms with Crippen molar-refractivity contribution in [1.29, 1.82) is 0 Å². The van der Waals surface area contributed by atoms with Crippen molar-refractivity contribution in [2.24, 2.45) is 23.7 Å². The summed E-state index contributed by atoms with van der Waals surface area (Å²) in [5, 5.41) is 23.5. The molecule has 3 N–H and O–H groups in total. The average Bonchev–Trinajstić information content (AvgIpc) is 2.83. The molecular weight excluding hydrogens is 446 g/mol. The number of hydrogen-bond donors (Lipinski definition) is 3. The van der Waals surface area contributed by atoms with Crippen molar-refractivity contribution < 1.29 is 24.5 Å². The summed E-state index contributed by atoms with van der Waals surface area (Å²) in [4.78, 5) is 31.6. The number of anilines is 1. The third-order valence-corrected chi connectivity index (χ3v) is 8.58. The van der Waals surface area contributed by atoms with Crippen LogP contribution < -0.4 is 15.0 Å². The summed E-state index contributed by atoms with van der Waals surface area (Å²) in [5.74, 6) is 0.996. The Morgan fingerprint density at radius 3 is 2.66 bits per heavy atom. The monoisotopic (exact) mass is 483 g/mol. The molecule has 4 saturated carbocycles. The zero-order chi connectivity index (χ0) is 24.7. The number of ether oxygens (including phenoxy) is 1. The van der Waals surface area contributed by atoms with Crippen LogP contribution in [0.5, 0.6) is 5.88 Å². The van der Waals surface area contributed by atoms with Gasteiger partial charge in [0.15, 0.2) is 0 Å². The Bertz CT molecular complexity index is 995. The Morgan fingerprint density at radius 1 is 1.26 bits per heavy atom. The maximum atomic E-state index is 13.4. The number of aromatic nitrogens is 1. The zero-order valence-electron chi connectivity index (χ0n) is 20.5. The minimum absolute atomic E-state index is 0.0860. The van der Waals surface area contributed by atoms with Gasteiger partial charge >= 0.3 is 5.97 Å². The van der Waals surface area contributed by atoms with Crippen molar-refractivity contribution in [3.05, 3.63) is 29.8 Å². The normalized spacial score (nSPS) is 33.4. The number of pyridine rings is 1. The lowest BCUT2D eigenvalue weighted by atomic mass is 9.52. The van der Waals surface area contributed by atoms with Gasteiger partial charge in [0, 0.05) is 30.6 Å². The predicted molar refractivity (Wildman–Crippen MR) is 131 cm³/mol. The smallest absolute Gasteiger partial charge is 0.331 e. The molecule has 5 aliphatic rings. The molecule has 4 aliphatic carbocycles. The molecule has 35 heavy (non-hydrogen) atoms. The van der Waals surface area contributed by atoms with Crippen molar-refractivity contribution in [3.63, 3.8) is 0 Å². The number of nitrogens with zero attached hydrogens (tertiary/aromatic N) is 2. The van der Waals surface area contributed by atoms with E-state index in [2.05, 4.69) is 16.8 Å². The van der Waals surface area contributed by atoms with E-state index in [1.54, 1.807) is 6.07 Å². The average molecular weight is 484 g/mol. The number of amides is 1. The predicted octanol–water partition coefficient (Wildman–Crippen LogP) is 3.40. The number of hydrogen-bond acceptors (Lipinski definition) is 6. The quantitative estimate of drug-likeness (QED) is 0.486. The van der Waals surface area contributed by atoms with Crippen LogP contribution in [-0.4, -0.2) is 58.4 Å². The number of carboxylic acid groups (broad SMARTS) is 1. The summed E-state index contributed by atoms with van der Waals surface area (Å²) in [6.07, 6.45) is 7.07. The van der Waals surface area contributed by atoms with E-state index in [1.807, 2.05) is 13.0 Å². The molecule has 8 nitrogen and oxygen atoms in total. The van der Waals surface area contributed by atoms with Gasteiger partial charge in [0.05, 0.1) is 12.2 Å². The summed E-state index contributed by atoms with van der Waals surface area (Å²) in [6, 6.07) is 3.70. The van der Waals surface area contributed by atoms with E-state index in [1.165, 1.54) is 0 Å². The van der Waals surface area contributed by atoms with E-state index in [9.17, 15) is 19.8 Å². The van der Waals surface area contributed by atoms with Gasteiger partial charge in [-0.3, -0.25) is 4.79 Å². The first kappa shape index (κ1) is 24.1. The summed E-state index contributed by atoms with van der Waals surface area (Å²) in [5.41, 5.74) is 0.126. The molecule has 3 atom stereocenters. The van der Waals surface area contributed by atoms with Crippen LogP contribution in [-0.2, 0) is 4.79 Å². The fourth-order valence-corrected chi connectivity index (χ4v) is 7.18. The lowest BCUT2D eigenvalue weighted by Crippen LogP contribution is -2.61. The fourth-order valence-electron chi connectivity index (χ4n) is 7.18. The molecule has 1 aromatic rings. The van der Waals surface area contributed by atoms with Gasteiger partial charge in [0.1, 0.15) is 11.4 Å². The standard InChI is InChI=1S/C27H37N3O5/c1-3-9-35-25-21(6-7-22(28-25)30-8-4-5-18(15-30)16(2)26(32)33)24(31)29-23-19-10-17-11-20(23)14-27(34,12-17)13-19/h6-7,17-20,23,34H,2-5,8-15H2,1H3,(H,29,31)(H,32,33). The highest BCUT2D eigenvalue weighted by atomic mass is 16.5. The number of aliphatic hydroxyl groups is 1. The highest BCUT2D eigenvalue weighted by Gasteiger charge is 2.55. The summed E-state index contributed by atoms with van der Waals surface area (Å²) >= 11 is 0. The molecule has 6 rings (SSSR count). The molecule has 5 fully saturated rings. The van der Waals surface area contributed by atoms with Crippen LogP contribution in [0.2, 0.25) is 0 Å². The molecule has 1 aliphatic heterocycles. The van der Waals surface area contributed by atoms with E-state index in [0.29, 0.717) is 48.2 Å². The Kier molecular flexibility index (Phi) is 6.51. The maximum absolute atomic E-state index is 13.4. The Labute approximate surface area is 206 Å². The topological polar surface area (TPSA) is 112 Å². The van der Waals surface area contributed by atoms with Crippen molar-refractivity contribution in [2.75, 3.05) is 24.6 Å². The van der Waals surface area contributed by atoms with Gasteiger partial charge < -0.3 is 25.2 Å². The van der Waals surface area contributed by atoms with Crippen LogP contribution in [0.25, 0.3) is 0 Å². The zero-order valence-corrected chi connectivity index (χ0v) is 20.5. The second-order valence-corrected chi connectivity index (χ2v) is 11.2. The van der Waals surface area contributed by atoms with Crippen LogP contribution in [0.1, 0.15) is 68.6 Å². The number of aliphatic carboxylic acids is 1. The third kappa shape index (κ3) is 4.77. The molecule has 8 heteroatoms. The van der Waals surface area contributed by atoms with Gasteiger partial charge in [-0.25, -0.2) is 4.79 Å². The minimum Gasteiger partial charge on any atom is -0.478 e. The molecule has 3 unspecified atom stereocenters. The SMILES string of the molecule is C=C(C(=O)O)C1CCCN(c2ccc(C(=O)NC3C4CC5CC3CC(O)(C5)C4)c(OCCC)n2)C1. The summed E-state index contributed by atoms with van der Waals surface area (Å²) in [6.45, 7) is 7.52. The molecule has 1 aromatic heterocycles. The first-order chi connectivity index (χ1) is 16.8. The first-order valence-electron chi connectivity index (χ1n) is 13.1. The number of carbonyl (C=O) groups excluding carboxylic acids is 1. The third-order valence-electron chi connectivity index (χ3n) is 8.58. The fraction of sp³-hybridized carbons (Fsp3) is 0.667. The largest absolute Gasteiger partial charge is 0.478 e. The number of nitrogens with one attached hydrogen (secondary N) is 1. The highest BCUT2D eigenvalue weighted by molar-refractivity contribution is 5.97. The van der Waals surface area contributed by atoms with Crippen LogP contribution in [0, 0.1) is 23.7 Å². The number of piperidine rings is 1. The van der Waals surface area contributed by atoms with E-state index >= 15 is 0 Å². The summed E-state index contributed by atoms with van der Waals surface area (Å²) < 4.78 is 5.92. The Morgan fingerprint density at radius 2 is 2.00 bits per heavy atom. The van der Waals surface area contributed by atoms with E-state index < -0.39 is 11.6 Å². The van der Waals surface area contributed by atoms with Gasteiger partial charge in [-0.15, -0.1) is 0 Å². The second kappa shape index (κ2) is 9.45. The van der Waals surface area contributed by atoms with Gasteiger partial charge in [-0.05, 0) is 81.3 Å². The van der Waals surface area contributed by atoms with E-state index in [0.717, 1.165) is 57.9 Å². The number of rotatable bonds is 8. The van der Waals surface area contributed by atoms with Crippen molar-refractivity contribution >= 4 is 17.7 Å². The lowest BCUT2D eigenvalue weighted by Gasteiger charge is -2.58. The second-order valence-electron chi connectivity index (χ2n) is 11.2. The van der Waals surface area contributed by atoms with Crippen molar-refractivity contribution in [1.82, 2.24) is 10.3 Å². The van der Waals surface area contributed by atoms with Gasteiger partial charge in [-0.2, -0.15) is 4.98 Å². The van der Waals surface area contributed by atoms with Crippen LogP contribution >= 0.6 is 0 Å². The van der Waals surface area contributed by atoms with Crippen molar-refractivity contribution in [3.8, 4) is 5.88 Å². The molecule has 1 amide bonds. The van der Waals surface area contributed by atoms with Gasteiger partial charge in [0.2, 0.25) is 5.88 Å². The molecule has 0 aromatic carbocycles. The molecular formula is C27H37N3O5. The molecule has 1 saturated heterocycles. The molecule has 4 bridgehead atoms. The molecule has 0 spiro atoms. The molecule has 190 valence electrons. The van der Waals surface area contributed by atoms with Crippen LogP contribution in [0.3, 0.4) is 0 Å². The maximum Gasteiger partial charge on any atom is 0.331 e. The van der Waals surface area contributed by atoms with Crippen LogP contribution in [0.4, 0.5) is 5.82 Å². The van der Waals surface area contributed by atoms with Gasteiger partial charge in [0.25, 0.3) is 5.91 Å². The van der Waals surface area contributed by atoms with E-state index in [4.69, 9.17) is 9.72 Å².